The molecule has 4 N–H and O–H groups in total. The van der Waals surface area contributed by atoms with Gasteiger partial charge in [-0.2, -0.15) is 0 Å². The van der Waals surface area contributed by atoms with Gasteiger partial charge in [0.1, 0.15) is 0 Å². The van der Waals surface area contributed by atoms with Crippen LogP contribution >= 0.6 is 0 Å². The molecule has 0 aliphatic heterocycles. The van der Waals surface area contributed by atoms with Crippen molar-refractivity contribution in [1.29, 1.82) is 0 Å². The lowest BCUT2D eigenvalue weighted by Gasteiger charge is -2.20. The number of amides is 1. The van der Waals surface area contributed by atoms with Gasteiger partial charge in [-0.05, 0) is 80.3 Å². The van der Waals surface area contributed by atoms with Crippen molar-refractivity contribution in [1.82, 2.24) is 5.32 Å². The minimum Gasteiger partial charge on any atom is -0.466 e. The number of nitrogens with one attached hydrogen (secondary N) is 2. The van der Waals surface area contributed by atoms with Gasteiger partial charge in [0, 0.05) is 11.4 Å². The Labute approximate surface area is 218 Å². The van der Waals surface area contributed by atoms with Crippen molar-refractivity contribution in [2.75, 3.05) is 17.1 Å². The number of aryl methyl sites for hydroxylation is 3. The van der Waals surface area contributed by atoms with Crippen LogP contribution in [0.2, 0.25) is 0 Å². The van der Waals surface area contributed by atoms with Crippen molar-refractivity contribution < 1.29 is 22.7 Å². The van der Waals surface area contributed by atoms with Crippen LogP contribution in [-0.2, 0) is 30.8 Å². The predicted octanol–water partition coefficient (Wildman–Crippen LogP) is 4.35. The van der Waals surface area contributed by atoms with Crippen LogP contribution in [0.4, 0.5) is 11.4 Å². The number of sulfonamides is 1. The molecule has 0 bridgehead atoms. The first-order chi connectivity index (χ1) is 17.5. The number of rotatable bonds is 10. The van der Waals surface area contributed by atoms with Gasteiger partial charge >= 0.3 is 5.97 Å². The molecule has 8 nitrogen and oxygen atoms in total. The maximum atomic E-state index is 13.1. The molecule has 9 heteroatoms. The smallest absolute Gasteiger partial charge is 0.308 e. The molecule has 1 unspecified atom stereocenters. The van der Waals surface area contributed by atoms with E-state index in [4.69, 9.17) is 10.5 Å². The molecule has 0 aromatic heterocycles. The second-order valence-electron chi connectivity index (χ2n) is 8.99. The Balaban J connectivity index is 1.85. The lowest BCUT2D eigenvalue weighted by molar-refractivity contribution is -0.143. The fourth-order valence-electron chi connectivity index (χ4n) is 4.25. The molecule has 37 heavy (non-hydrogen) atoms. The van der Waals surface area contributed by atoms with Crippen molar-refractivity contribution >= 4 is 33.3 Å². The zero-order valence-electron chi connectivity index (χ0n) is 21.5. The zero-order valence-corrected chi connectivity index (χ0v) is 22.3. The van der Waals surface area contributed by atoms with Crippen LogP contribution in [0.3, 0.4) is 0 Å². The largest absolute Gasteiger partial charge is 0.466 e. The van der Waals surface area contributed by atoms with Crippen LogP contribution in [0.5, 0.6) is 0 Å². The molecular weight excluding hydrogens is 490 g/mol. The minimum absolute atomic E-state index is 0.0260. The highest BCUT2D eigenvalue weighted by molar-refractivity contribution is 7.92. The SMILES string of the molecule is CCOC(=O)CC(NC(=O)Cc1c(C)cc(C)cc1C)c1cccc(NS(=O)(=O)c2cccc(N)c2)c1. The molecule has 3 aromatic carbocycles. The first-order valence-corrected chi connectivity index (χ1v) is 13.5. The van der Waals surface area contributed by atoms with Crippen LogP contribution in [0, 0.1) is 20.8 Å². The molecule has 3 rings (SSSR count). The van der Waals surface area contributed by atoms with Gasteiger partial charge in [0.25, 0.3) is 10.0 Å². The molecule has 1 atom stereocenters. The molecule has 0 aliphatic carbocycles. The Morgan fingerprint density at radius 1 is 0.973 bits per heavy atom. The Morgan fingerprint density at radius 3 is 2.30 bits per heavy atom. The molecule has 3 aromatic rings. The van der Waals surface area contributed by atoms with E-state index in [2.05, 4.69) is 10.0 Å². The maximum absolute atomic E-state index is 13.1. The Bertz CT molecular complexity index is 1380. The minimum atomic E-state index is -3.90. The number of carbonyl (C=O) groups is 2. The summed E-state index contributed by atoms with van der Waals surface area (Å²) in [4.78, 5) is 25.4. The zero-order chi connectivity index (χ0) is 27.2. The number of nitrogens with two attached hydrogens (primary N) is 1. The van der Waals surface area contributed by atoms with Crippen LogP contribution < -0.4 is 15.8 Å². The summed E-state index contributed by atoms with van der Waals surface area (Å²) in [6.45, 7) is 7.86. The van der Waals surface area contributed by atoms with Gasteiger partial charge in [-0.25, -0.2) is 8.42 Å². The third kappa shape index (κ3) is 7.57. The quantitative estimate of drug-likeness (QED) is 0.268. The van der Waals surface area contributed by atoms with E-state index in [1.807, 2.05) is 32.9 Å². The summed E-state index contributed by atoms with van der Waals surface area (Å²) in [5.41, 5.74) is 11.0. The molecule has 0 aliphatic rings. The molecule has 1 amide bonds. The van der Waals surface area contributed by atoms with Gasteiger partial charge in [-0.15, -0.1) is 0 Å². The van der Waals surface area contributed by atoms with Crippen molar-refractivity contribution in [3.05, 3.63) is 88.5 Å². The topological polar surface area (TPSA) is 128 Å². The number of benzene rings is 3. The third-order valence-electron chi connectivity index (χ3n) is 5.90. The van der Waals surface area contributed by atoms with E-state index < -0.39 is 22.0 Å². The van der Waals surface area contributed by atoms with Gasteiger partial charge in [-0.3, -0.25) is 14.3 Å². The number of nitrogen functional groups attached to an aromatic ring is 1. The fourth-order valence-corrected chi connectivity index (χ4v) is 5.35. The predicted molar refractivity (Wildman–Crippen MR) is 145 cm³/mol. The van der Waals surface area contributed by atoms with Gasteiger partial charge in [-0.1, -0.05) is 35.9 Å². The third-order valence-corrected chi connectivity index (χ3v) is 7.28. The van der Waals surface area contributed by atoms with E-state index in [-0.39, 0.29) is 35.9 Å². The van der Waals surface area contributed by atoms with Gasteiger partial charge < -0.3 is 15.8 Å². The summed E-state index contributed by atoms with van der Waals surface area (Å²) < 4.78 is 33.4. The lowest BCUT2D eigenvalue weighted by Crippen LogP contribution is -2.32. The molecular formula is C28H33N3O5S. The fraction of sp³-hybridized carbons (Fsp3) is 0.286. The van der Waals surface area contributed by atoms with Gasteiger partial charge in [0.15, 0.2) is 0 Å². The average Bonchev–Trinajstić information content (AvgIpc) is 2.81. The van der Waals surface area contributed by atoms with E-state index in [0.29, 0.717) is 11.3 Å². The first-order valence-electron chi connectivity index (χ1n) is 12.0. The van der Waals surface area contributed by atoms with Crippen molar-refractivity contribution in [2.45, 2.75) is 51.5 Å². The van der Waals surface area contributed by atoms with Crippen LogP contribution in [-0.4, -0.2) is 26.9 Å². The highest BCUT2D eigenvalue weighted by Gasteiger charge is 2.22. The standard InChI is InChI=1S/C28H33N3O5S/c1-5-36-28(33)17-26(30-27(32)16-25-19(3)12-18(2)13-20(25)4)21-8-6-10-23(14-21)31-37(34,35)24-11-7-9-22(29)15-24/h6-15,26,31H,5,16-17,29H2,1-4H3,(H,30,32). The average molecular weight is 524 g/mol. The lowest BCUT2D eigenvalue weighted by atomic mass is 9.96. The summed E-state index contributed by atoms with van der Waals surface area (Å²) in [7, 11) is -3.90. The second kappa shape index (κ2) is 11.9. The Kier molecular flexibility index (Phi) is 8.94. The van der Waals surface area contributed by atoms with Crippen LogP contribution in [0.25, 0.3) is 0 Å². The van der Waals surface area contributed by atoms with Gasteiger partial charge in [0.05, 0.1) is 30.4 Å². The summed E-state index contributed by atoms with van der Waals surface area (Å²) in [6.07, 6.45) is 0.0515. The van der Waals surface area contributed by atoms with Crippen molar-refractivity contribution in [3.63, 3.8) is 0 Å². The van der Waals surface area contributed by atoms with Gasteiger partial charge in [0.2, 0.25) is 5.91 Å². The van der Waals surface area contributed by atoms with E-state index >= 15 is 0 Å². The van der Waals surface area contributed by atoms with Crippen LogP contribution in [0.15, 0.2) is 65.6 Å². The molecule has 0 radical (unpaired) electrons. The normalized spacial score (nSPS) is 12.0. The van der Waals surface area contributed by atoms with Crippen molar-refractivity contribution in [3.8, 4) is 0 Å². The molecule has 196 valence electrons. The van der Waals surface area contributed by atoms with E-state index in [9.17, 15) is 18.0 Å². The monoisotopic (exact) mass is 523 g/mol. The molecule has 0 saturated carbocycles. The van der Waals surface area contributed by atoms with Crippen LogP contribution in [0.1, 0.15) is 47.2 Å². The number of ether oxygens (including phenoxy) is 1. The Hall–Kier alpha value is -3.85. The molecule has 0 heterocycles. The van der Waals surface area contributed by atoms with E-state index in [1.165, 1.54) is 12.1 Å². The summed E-state index contributed by atoms with van der Waals surface area (Å²) in [6, 6.07) is 15.9. The molecule has 0 saturated heterocycles. The number of esters is 1. The molecule has 0 spiro atoms. The van der Waals surface area contributed by atoms with E-state index in [1.54, 1.807) is 43.3 Å². The maximum Gasteiger partial charge on any atom is 0.308 e. The number of hydrogen-bond acceptors (Lipinski definition) is 6. The van der Waals surface area contributed by atoms with E-state index in [0.717, 1.165) is 22.3 Å². The summed E-state index contributed by atoms with van der Waals surface area (Å²) >= 11 is 0. The Morgan fingerprint density at radius 2 is 1.65 bits per heavy atom. The highest BCUT2D eigenvalue weighted by atomic mass is 32.2. The first kappa shape index (κ1) is 27.7. The number of anilines is 2. The summed E-state index contributed by atoms with van der Waals surface area (Å²) in [5, 5.41) is 2.94. The second-order valence-corrected chi connectivity index (χ2v) is 10.7. The van der Waals surface area contributed by atoms with Crippen molar-refractivity contribution in [2.24, 2.45) is 0 Å². The summed E-state index contributed by atoms with van der Waals surface area (Å²) in [5.74, 6) is -0.726. The molecule has 0 fully saturated rings. The highest BCUT2D eigenvalue weighted by Crippen LogP contribution is 2.25. The number of hydrogen-bond donors (Lipinski definition) is 3. The number of carbonyl (C=O) groups excluding carboxylic acids is 2.